The lowest BCUT2D eigenvalue weighted by Gasteiger charge is -2.14. The van der Waals surface area contributed by atoms with E-state index < -0.39 is 5.92 Å². The summed E-state index contributed by atoms with van der Waals surface area (Å²) in [6, 6.07) is 10.3. The molecule has 0 aromatic heterocycles. The van der Waals surface area contributed by atoms with Crippen LogP contribution in [0.25, 0.3) is 0 Å². The summed E-state index contributed by atoms with van der Waals surface area (Å²) in [7, 11) is 3.05. The normalized spacial score (nSPS) is 10.5. The highest BCUT2D eigenvalue weighted by Gasteiger charge is 2.17. The molecule has 109 valence electrons. The van der Waals surface area contributed by atoms with Gasteiger partial charge in [0.25, 0.3) is 0 Å². The summed E-state index contributed by atoms with van der Waals surface area (Å²) in [5, 5.41) is 0.971. The van der Waals surface area contributed by atoms with Crippen LogP contribution < -0.4 is 9.47 Å². The van der Waals surface area contributed by atoms with Crippen molar-refractivity contribution in [3.8, 4) is 11.5 Å². The fraction of sp³-hybridized carbons (Fsp3) is 0.188. The minimum atomic E-state index is -0.567. The molecule has 0 heterocycles. The van der Waals surface area contributed by atoms with E-state index in [1.807, 2.05) is 6.29 Å². The average Bonchev–Trinajstić information content (AvgIpc) is 2.51. The maximum absolute atomic E-state index is 11.4. The van der Waals surface area contributed by atoms with Crippen molar-refractivity contribution >= 4 is 29.5 Å². The van der Waals surface area contributed by atoms with Crippen LogP contribution in [0.3, 0.4) is 0 Å². The van der Waals surface area contributed by atoms with E-state index in [1.165, 1.54) is 14.2 Å². The Bertz CT molecular complexity index is 602. The van der Waals surface area contributed by atoms with Gasteiger partial charge >= 0.3 is 0 Å². The first-order valence-corrected chi connectivity index (χ1v) is 6.90. The Morgan fingerprint density at radius 1 is 0.905 bits per heavy atom. The molecule has 2 aromatic carbocycles. The third kappa shape index (κ3) is 3.31. The van der Waals surface area contributed by atoms with E-state index in [-0.39, 0.29) is 0 Å². The van der Waals surface area contributed by atoms with Gasteiger partial charge in [0.2, 0.25) is 6.29 Å². The van der Waals surface area contributed by atoms with Gasteiger partial charge in [0.1, 0.15) is 11.5 Å². The molecule has 0 fully saturated rings. The molecular formula is C16H13Cl2O3. The first-order chi connectivity index (χ1) is 10.1. The van der Waals surface area contributed by atoms with E-state index in [9.17, 15) is 4.79 Å². The second kappa shape index (κ2) is 6.83. The minimum absolute atomic E-state index is 0.486. The highest BCUT2D eigenvalue weighted by molar-refractivity contribution is 6.32. The van der Waals surface area contributed by atoms with Crippen LogP contribution in [0.5, 0.6) is 11.5 Å². The van der Waals surface area contributed by atoms with Crippen LogP contribution in [-0.2, 0) is 4.79 Å². The van der Waals surface area contributed by atoms with Gasteiger partial charge in [-0.05, 0) is 35.4 Å². The molecule has 2 aromatic rings. The molecule has 0 unspecified atom stereocenters. The molecule has 0 atom stereocenters. The van der Waals surface area contributed by atoms with Gasteiger partial charge in [-0.25, -0.2) is 0 Å². The number of benzene rings is 2. The quantitative estimate of drug-likeness (QED) is 0.825. The molecule has 0 aliphatic carbocycles. The lowest BCUT2D eigenvalue weighted by Crippen LogP contribution is -2.03. The lowest BCUT2D eigenvalue weighted by molar-refractivity contribution is 0.414. The fourth-order valence-electron chi connectivity index (χ4n) is 2.04. The van der Waals surface area contributed by atoms with Crippen LogP contribution in [0.15, 0.2) is 36.4 Å². The smallest absolute Gasteiger partial charge is 0.211 e. The summed E-state index contributed by atoms with van der Waals surface area (Å²) >= 11 is 12.0. The summed E-state index contributed by atoms with van der Waals surface area (Å²) in [5.74, 6) is 0.452. The van der Waals surface area contributed by atoms with E-state index in [1.54, 1.807) is 36.4 Å². The summed E-state index contributed by atoms with van der Waals surface area (Å²) in [4.78, 5) is 11.4. The van der Waals surface area contributed by atoms with Crippen LogP contribution in [0.4, 0.5) is 0 Å². The molecule has 0 aliphatic rings. The van der Waals surface area contributed by atoms with E-state index in [0.29, 0.717) is 21.5 Å². The van der Waals surface area contributed by atoms with Crippen LogP contribution in [0.1, 0.15) is 17.0 Å². The second-order valence-corrected chi connectivity index (χ2v) is 5.15. The van der Waals surface area contributed by atoms with Gasteiger partial charge < -0.3 is 9.47 Å². The third-order valence-electron chi connectivity index (χ3n) is 3.13. The maximum Gasteiger partial charge on any atom is 0.211 e. The van der Waals surface area contributed by atoms with E-state index in [0.717, 1.165) is 11.1 Å². The predicted molar refractivity (Wildman–Crippen MR) is 83.5 cm³/mol. The molecule has 0 N–H and O–H groups in total. The number of ether oxygens (including phenoxy) is 2. The highest BCUT2D eigenvalue weighted by Crippen LogP contribution is 2.34. The Morgan fingerprint density at radius 2 is 1.33 bits per heavy atom. The number of halogens is 2. The molecule has 2 rings (SSSR count). The van der Waals surface area contributed by atoms with Crippen molar-refractivity contribution in [1.29, 1.82) is 0 Å². The summed E-state index contributed by atoms with van der Waals surface area (Å²) in [6.45, 7) is 0. The van der Waals surface area contributed by atoms with Crippen LogP contribution in [0.2, 0.25) is 10.0 Å². The van der Waals surface area contributed by atoms with Crippen molar-refractivity contribution < 1.29 is 14.3 Å². The Labute approximate surface area is 133 Å². The van der Waals surface area contributed by atoms with E-state index >= 15 is 0 Å². The van der Waals surface area contributed by atoms with Crippen molar-refractivity contribution in [3.63, 3.8) is 0 Å². The van der Waals surface area contributed by atoms with Gasteiger partial charge in [0.05, 0.1) is 30.2 Å². The molecule has 3 nitrogen and oxygen atoms in total. The van der Waals surface area contributed by atoms with Crippen LogP contribution in [-0.4, -0.2) is 20.5 Å². The monoisotopic (exact) mass is 323 g/mol. The summed E-state index contributed by atoms with van der Waals surface area (Å²) < 4.78 is 10.3. The standard InChI is InChI=1S/C16H13Cl2O3/c1-20-15-7-10(3-5-13(15)17)12(9-19)11-4-6-14(18)16(8-11)21-2/h3-8,12H,1-2H3. The molecule has 0 spiro atoms. The first kappa shape index (κ1) is 15.7. The molecule has 0 saturated heterocycles. The van der Waals surface area contributed by atoms with E-state index in [4.69, 9.17) is 32.7 Å². The molecule has 0 saturated carbocycles. The Hall–Kier alpha value is -1.71. The number of carbonyl (C=O) groups excluding carboxylic acids is 1. The van der Waals surface area contributed by atoms with Crippen molar-refractivity contribution in [2.24, 2.45) is 0 Å². The van der Waals surface area contributed by atoms with Crippen molar-refractivity contribution in [2.75, 3.05) is 14.2 Å². The Balaban J connectivity index is 2.46. The average molecular weight is 324 g/mol. The van der Waals surface area contributed by atoms with Gasteiger partial charge in [-0.2, -0.15) is 0 Å². The summed E-state index contributed by atoms with van der Waals surface area (Å²) in [5.41, 5.74) is 1.46. The zero-order valence-electron chi connectivity index (χ0n) is 11.5. The molecule has 5 heteroatoms. The van der Waals surface area contributed by atoms with E-state index in [2.05, 4.69) is 0 Å². The largest absolute Gasteiger partial charge is 0.495 e. The zero-order chi connectivity index (χ0) is 15.4. The number of hydrogen-bond donors (Lipinski definition) is 0. The first-order valence-electron chi connectivity index (χ1n) is 6.15. The zero-order valence-corrected chi connectivity index (χ0v) is 13.0. The van der Waals surface area contributed by atoms with Gasteiger partial charge in [-0.3, -0.25) is 4.79 Å². The highest BCUT2D eigenvalue weighted by atomic mass is 35.5. The molecule has 1 radical (unpaired) electrons. The Kier molecular flexibility index (Phi) is 5.10. The third-order valence-corrected chi connectivity index (χ3v) is 3.76. The number of methoxy groups -OCH3 is 2. The van der Waals surface area contributed by atoms with Crippen molar-refractivity contribution in [2.45, 2.75) is 5.92 Å². The van der Waals surface area contributed by atoms with Crippen LogP contribution >= 0.6 is 23.2 Å². The van der Waals surface area contributed by atoms with Crippen molar-refractivity contribution in [3.05, 3.63) is 57.6 Å². The Morgan fingerprint density at radius 3 is 1.67 bits per heavy atom. The van der Waals surface area contributed by atoms with Gasteiger partial charge in [0.15, 0.2) is 0 Å². The number of rotatable bonds is 5. The molecule has 0 bridgehead atoms. The fourth-order valence-corrected chi connectivity index (χ4v) is 2.43. The summed E-state index contributed by atoms with van der Waals surface area (Å²) in [6.07, 6.45) is 2.03. The van der Waals surface area contributed by atoms with Gasteiger partial charge in [-0.1, -0.05) is 35.3 Å². The minimum Gasteiger partial charge on any atom is -0.495 e. The SMILES string of the molecule is COc1cc(C([C]=O)c2ccc(Cl)c(OC)c2)ccc1Cl. The molecule has 0 amide bonds. The topological polar surface area (TPSA) is 35.5 Å². The van der Waals surface area contributed by atoms with Gasteiger partial charge in [-0.15, -0.1) is 0 Å². The molecular weight excluding hydrogens is 311 g/mol. The molecule has 21 heavy (non-hydrogen) atoms. The lowest BCUT2D eigenvalue weighted by atomic mass is 9.92. The van der Waals surface area contributed by atoms with Crippen LogP contribution in [0, 0.1) is 0 Å². The molecule has 0 aliphatic heterocycles. The maximum atomic E-state index is 11.4. The predicted octanol–water partition coefficient (Wildman–Crippen LogP) is 4.25. The number of hydrogen-bond acceptors (Lipinski definition) is 3. The van der Waals surface area contributed by atoms with Gasteiger partial charge in [0, 0.05) is 0 Å². The second-order valence-electron chi connectivity index (χ2n) is 4.34. The van der Waals surface area contributed by atoms with Crippen molar-refractivity contribution in [1.82, 2.24) is 0 Å².